The Morgan fingerprint density at radius 1 is 0.700 bits per heavy atom. The first-order valence-corrected chi connectivity index (χ1v) is 20.4. The van der Waals surface area contributed by atoms with E-state index in [4.69, 9.17) is 19.9 Å². The van der Waals surface area contributed by atoms with Crippen LogP contribution in [-0.4, -0.2) is 38.2 Å². The van der Waals surface area contributed by atoms with E-state index in [1.807, 2.05) is 32.9 Å². The van der Waals surface area contributed by atoms with Crippen molar-refractivity contribution in [2.75, 3.05) is 0 Å². The topological polar surface area (TPSA) is 175 Å². The van der Waals surface area contributed by atoms with Gasteiger partial charge in [-0.2, -0.15) is 0 Å². The van der Waals surface area contributed by atoms with Gasteiger partial charge in [-0.25, -0.2) is 9.97 Å². The third kappa shape index (κ3) is 11.6. The fraction of sp³-hybridized carbons (Fsp3) is 0.388. The smallest absolute Gasteiger partial charge is 0.657 e. The van der Waals surface area contributed by atoms with Crippen molar-refractivity contribution in [1.82, 2.24) is 19.9 Å². The van der Waals surface area contributed by atoms with Crippen LogP contribution in [0.5, 0.6) is 0 Å². The Morgan fingerprint density at radius 2 is 1.23 bits per heavy atom. The van der Waals surface area contributed by atoms with Crippen LogP contribution in [-0.2, 0) is 46.1 Å². The summed E-state index contributed by atoms with van der Waals surface area (Å²) in [6, 6.07) is 7.19. The van der Waals surface area contributed by atoms with E-state index in [0.717, 1.165) is 48.0 Å². The number of aromatic nitrogens is 4. The van der Waals surface area contributed by atoms with Crippen molar-refractivity contribution in [1.29, 1.82) is 0 Å². The summed E-state index contributed by atoms with van der Waals surface area (Å²) in [6.45, 7) is 17.9. The Balaban J connectivity index is 0.00000794. The summed E-state index contributed by atoms with van der Waals surface area (Å²) in [5.41, 5.74) is 13.7. The largest absolute Gasteiger partial charge is 2.00 e. The zero-order valence-electron chi connectivity index (χ0n) is 35.9. The predicted octanol–water partition coefficient (Wildman–Crippen LogP) is 7.34. The summed E-state index contributed by atoms with van der Waals surface area (Å²) in [7, 11) is 0. The summed E-state index contributed by atoms with van der Waals surface area (Å²) < 4.78 is 0. The molecule has 2 aliphatic rings. The zero-order valence-corrected chi connectivity index (χ0v) is 37.0. The molecule has 1 unspecified atom stereocenters. The Kier molecular flexibility index (Phi) is 17.0. The number of hydrogen-bond acceptors (Lipinski definition) is 8. The van der Waals surface area contributed by atoms with Gasteiger partial charge in [0.1, 0.15) is 0 Å². The second-order valence-corrected chi connectivity index (χ2v) is 15.9. The minimum absolute atomic E-state index is 0. The minimum atomic E-state index is -1.25. The van der Waals surface area contributed by atoms with Gasteiger partial charge < -0.3 is 40.0 Å². The van der Waals surface area contributed by atoms with Crippen LogP contribution in [0.2, 0.25) is 0 Å². The zero-order chi connectivity index (χ0) is 43.0. The first-order valence-electron chi connectivity index (χ1n) is 20.4. The molecule has 8 bridgehead atoms. The van der Waals surface area contributed by atoms with Crippen LogP contribution in [0.4, 0.5) is 0 Å². The average molecular weight is 853 g/mol. The molecule has 11 heteroatoms. The van der Waals surface area contributed by atoms with Gasteiger partial charge in [0.2, 0.25) is 0 Å². The van der Waals surface area contributed by atoms with Gasteiger partial charge in [0.05, 0.1) is 35.5 Å². The molecule has 60 heavy (non-hydrogen) atoms. The molecule has 0 aliphatic carbocycles. The fourth-order valence-corrected chi connectivity index (χ4v) is 7.80. The molecule has 3 aromatic heterocycles. The standard InChI is InChI=1S/C49H60N4O6.Fe/c1-9-34-31(6)39-25-45-49(46(55)18-12-17-30(5)16-11-15-29(4)14-10-13-28(2)3)33(8)40(52-45)24-44-37(27-54)36(20-22-48(58)59)43(53-44)26-42-35(19-21-47(56)57)32(7)38(51-42)23-41(34)50-39;/h9,13,15,17,23-26,46,54-55H,1,10-12,14,16,18-22,27H2,2-8H3,(H4,50,51,52,53,56,57,58,59);/q;+2/p-4/b29-15+,30-17+,38-23?,39-25?,40-24?,41-23?,42-26?,43-26?,44-24?,45-25?;. The molecule has 0 aromatic carbocycles. The summed E-state index contributed by atoms with van der Waals surface area (Å²) in [5, 5.41) is 45.8. The molecule has 1 atom stereocenters. The number of nitrogens with zero attached hydrogens (tertiary/aromatic N) is 4. The van der Waals surface area contributed by atoms with E-state index in [1.165, 1.54) is 16.7 Å². The molecule has 0 saturated carbocycles. The Morgan fingerprint density at radius 3 is 1.85 bits per heavy atom. The Labute approximate surface area is 364 Å². The molecule has 5 heterocycles. The molecule has 5 rings (SSSR count). The van der Waals surface area contributed by atoms with Gasteiger partial charge >= 0.3 is 17.1 Å². The molecule has 10 nitrogen and oxygen atoms in total. The number of carboxylic acids is 2. The molecule has 0 radical (unpaired) electrons. The Hall–Kier alpha value is -5.06. The van der Waals surface area contributed by atoms with Crippen molar-refractivity contribution in [3.63, 3.8) is 0 Å². The van der Waals surface area contributed by atoms with Gasteiger partial charge in [-0.15, -0.1) is 22.1 Å². The molecule has 0 spiro atoms. The molecule has 2 aliphatic heterocycles. The first-order chi connectivity index (χ1) is 28.1. The van der Waals surface area contributed by atoms with Crippen LogP contribution in [0, 0.1) is 6.92 Å². The van der Waals surface area contributed by atoms with Crippen molar-refractivity contribution >= 4 is 56.3 Å². The normalized spacial score (nSPS) is 13.7. The van der Waals surface area contributed by atoms with Gasteiger partial charge in [-0.3, -0.25) is 0 Å². The number of carboxylic acid groups (broad SMARTS) is 2. The molecule has 3 aromatic rings. The van der Waals surface area contributed by atoms with E-state index < -0.39 is 24.6 Å². The van der Waals surface area contributed by atoms with E-state index in [1.54, 1.807) is 18.2 Å². The number of aryl methyl sites for hydroxylation is 3. The molecular weight excluding hydrogens is 796 g/mol. The molecule has 0 amide bonds. The summed E-state index contributed by atoms with van der Waals surface area (Å²) in [4.78, 5) is 43.1. The number of allylic oxidation sites excluding steroid dienone is 10. The van der Waals surface area contributed by atoms with E-state index in [0.29, 0.717) is 79.9 Å². The van der Waals surface area contributed by atoms with Crippen molar-refractivity contribution in [3.05, 3.63) is 117 Å². The molecule has 0 fully saturated rings. The predicted molar refractivity (Wildman–Crippen MR) is 232 cm³/mol. The average Bonchev–Trinajstić information content (AvgIpc) is 3.85. The second kappa shape index (κ2) is 21.5. The number of aliphatic hydroxyl groups excluding tert-OH is 2. The molecular formula is C49H56FeN4O6-2. The van der Waals surface area contributed by atoms with Crippen LogP contribution in [0.15, 0.2) is 71.9 Å². The van der Waals surface area contributed by atoms with Crippen molar-refractivity contribution < 1.29 is 47.1 Å². The second-order valence-electron chi connectivity index (χ2n) is 15.9. The van der Waals surface area contributed by atoms with Crippen molar-refractivity contribution in [3.8, 4) is 0 Å². The summed E-state index contributed by atoms with van der Waals surface area (Å²) >= 11 is 0. The van der Waals surface area contributed by atoms with Crippen LogP contribution in [0.25, 0.3) is 44.4 Å². The molecule has 2 N–H and O–H groups in total. The fourth-order valence-electron chi connectivity index (χ4n) is 7.80. The van der Waals surface area contributed by atoms with Gasteiger partial charge in [-0.1, -0.05) is 82.5 Å². The number of aliphatic carboxylic acids is 2. The van der Waals surface area contributed by atoms with Crippen LogP contribution in [0.3, 0.4) is 0 Å². The summed E-state index contributed by atoms with van der Waals surface area (Å²) in [6.07, 6.45) is 12.5. The van der Waals surface area contributed by atoms with Gasteiger partial charge in [-0.05, 0) is 135 Å². The van der Waals surface area contributed by atoms with Crippen LogP contribution in [0.1, 0.15) is 138 Å². The first kappa shape index (κ1) is 47.6. The van der Waals surface area contributed by atoms with Crippen LogP contribution < -0.4 is 20.2 Å². The van der Waals surface area contributed by atoms with Crippen molar-refractivity contribution in [2.24, 2.45) is 0 Å². The van der Waals surface area contributed by atoms with Gasteiger partial charge in [0.25, 0.3) is 0 Å². The number of carbonyl (C=O) groups excluding carboxylic acids is 2. The maximum Gasteiger partial charge on any atom is 2.00 e. The van der Waals surface area contributed by atoms with E-state index >= 15 is 0 Å². The monoisotopic (exact) mass is 852 g/mol. The molecule has 0 saturated heterocycles. The van der Waals surface area contributed by atoms with E-state index in [-0.39, 0.29) is 42.8 Å². The minimum Gasteiger partial charge on any atom is -0.657 e. The van der Waals surface area contributed by atoms with Gasteiger partial charge in [0, 0.05) is 23.1 Å². The van der Waals surface area contributed by atoms with E-state index in [2.05, 4.69) is 52.5 Å². The SMILES string of the molecule is C=CC1=C(C)c2cc3nc(cc4[n-]c(cc5[n-]c(cc1n2)c(C)c5CCC(=O)[O-])c(CCC(=O)[O-])c4CO)C(C)=C3C(O)CC/C=C(\C)CC/C=C(\C)CCC=C(C)C.[Fe+2]. The number of fused-ring (bicyclic) bond motifs is 8. The maximum atomic E-state index is 11.9. The quantitative estimate of drug-likeness (QED) is 0.0973. The number of carbonyl (C=O) groups is 2. The van der Waals surface area contributed by atoms with E-state index in [9.17, 15) is 30.0 Å². The van der Waals surface area contributed by atoms with Crippen molar-refractivity contribution in [2.45, 2.75) is 125 Å². The Bertz CT molecular complexity index is 2460. The third-order valence-corrected chi connectivity index (χ3v) is 11.2. The summed E-state index contributed by atoms with van der Waals surface area (Å²) in [5.74, 6) is -2.44. The maximum absolute atomic E-state index is 11.9. The number of hydrogen-bond donors (Lipinski definition) is 2. The number of aliphatic hydroxyl groups is 2. The molecule has 318 valence electrons. The number of rotatable bonds is 18. The van der Waals surface area contributed by atoms with Crippen LogP contribution >= 0.6 is 0 Å². The third-order valence-electron chi connectivity index (χ3n) is 11.2. The van der Waals surface area contributed by atoms with Gasteiger partial charge in [0.15, 0.2) is 0 Å².